The molecule has 0 bridgehead atoms. The second kappa shape index (κ2) is 7.14. The van der Waals surface area contributed by atoms with E-state index < -0.39 is 0 Å². The summed E-state index contributed by atoms with van der Waals surface area (Å²) in [5.41, 5.74) is 1.16. The number of ether oxygens (including phenoxy) is 3. The largest absolute Gasteiger partial charge is 0.493 e. The van der Waals surface area contributed by atoms with Crippen LogP contribution in [0.15, 0.2) is 18.2 Å². The molecule has 4 heteroatoms. The van der Waals surface area contributed by atoms with E-state index >= 15 is 0 Å². The van der Waals surface area contributed by atoms with Gasteiger partial charge in [-0.15, -0.1) is 0 Å². The monoisotopic (exact) mass is 239 g/mol. The number of nitrogens with one attached hydrogen (secondary N) is 1. The normalized spacial score (nSPS) is 10.6. The van der Waals surface area contributed by atoms with Gasteiger partial charge in [0.05, 0.1) is 7.11 Å². The van der Waals surface area contributed by atoms with Gasteiger partial charge in [-0.05, 0) is 17.7 Å². The molecule has 1 aromatic carbocycles. The van der Waals surface area contributed by atoms with E-state index in [1.807, 2.05) is 18.2 Å². The third-order valence-electron chi connectivity index (χ3n) is 2.27. The van der Waals surface area contributed by atoms with Crippen LogP contribution >= 0.6 is 0 Å². The van der Waals surface area contributed by atoms with Crippen molar-refractivity contribution in [3.05, 3.63) is 23.8 Å². The highest BCUT2D eigenvalue weighted by Gasteiger charge is 2.06. The van der Waals surface area contributed by atoms with E-state index in [4.69, 9.17) is 14.2 Å². The lowest BCUT2D eigenvalue weighted by molar-refractivity contribution is 0.0491. The molecule has 0 atom stereocenters. The van der Waals surface area contributed by atoms with Crippen LogP contribution in [0.3, 0.4) is 0 Å². The predicted molar refractivity (Wildman–Crippen MR) is 67.5 cm³/mol. The third kappa shape index (κ3) is 4.63. The van der Waals surface area contributed by atoms with Crippen molar-refractivity contribution in [3.8, 4) is 11.5 Å². The van der Waals surface area contributed by atoms with Gasteiger partial charge >= 0.3 is 0 Å². The van der Waals surface area contributed by atoms with Gasteiger partial charge < -0.3 is 19.5 Å². The minimum atomic E-state index is 0.220. The minimum absolute atomic E-state index is 0.220. The Balaban J connectivity index is 2.73. The molecule has 0 aromatic heterocycles. The lowest BCUT2D eigenvalue weighted by Gasteiger charge is -2.13. The van der Waals surface area contributed by atoms with Crippen LogP contribution in [-0.2, 0) is 11.3 Å². The van der Waals surface area contributed by atoms with Crippen LogP contribution in [-0.4, -0.2) is 27.1 Å². The smallest absolute Gasteiger partial charge is 0.188 e. The number of benzene rings is 1. The van der Waals surface area contributed by atoms with Crippen molar-refractivity contribution in [2.75, 3.05) is 21.0 Å². The predicted octanol–water partition coefficient (Wildman–Crippen LogP) is 2.18. The van der Waals surface area contributed by atoms with Crippen molar-refractivity contribution >= 4 is 0 Å². The van der Waals surface area contributed by atoms with Crippen molar-refractivity contribution in [2.24, 2.45) is 0 Å². The third-order valence-corrected chi connectivity index (χ3v) is 2.27. The number of hydrogen-bond donors (Lipinski definition) is 1. The highest BCUT2D eigenvalue weighted by molar-refractivity contribution is 5.42. The standard InChI is InChI=1S/C13H21NO3/c1-10(2)14-8-11-5-6-12(16-4)13(7-11)17-9-15-3/h5-7,10,14H,8-9H2,1-4H3. The molecule has 0 amide bonds. The first-order valence-electron chi connectivity index (χ1n) is 5.69. The van der Waals surface area contributed by atoms with Crippen LogP contribution in [0.1, 0.15) is 19.4 Å². The molecule has 96 valence electrons. The molecule has 1 rings (SSSR count). The second-order valence-electron chi connectivity index (χ2n) is 4.07. The molecule has 1 N–H and O–H groups in total. The molecule has 0 aliphatic carbocycles. The highest BCUT2D eigenvalue weighted by atomic mass is 16.7. The summed E-state index contributed by atoms with van der Waals surface area (Å²) in [7, 11) is 3.22. The maximum absolute atomic E-state index is 5.45. The molecule has 0 aliphatic heterocycles. The lowest BCUT2D eigenvalue weighted by atomic mass is 10.2. The molecule has 0 saturated heterocycles. The van der Waals surface area contributed by atoms with E-state index in [1.165, 1.54) is 0 Å². The van der Waals surface area contributed by atoms with Crippen LogP contribution in [0.4, 0.5) is 0 Å². The number of hydrogen-bond acceptors (Lipinski definition) is 4. The summed E-state index contributed by atoms with van der Waals surface area (Å²) in [4.78, 5) is 0. The summed E-state index contributed by atoms with van der Waals surface area (Å²) in [6, 6.07) is 6.35. The fourth-order valence-corrected chi connectivity index (χ4v) is 1.39. The molecule has 0 unspecified atom stereocenters. The van der Waals surface area contributed by atoms with Crippen molar-refractivity contribution < 1.29 is 14.2 Å². The molecular formula is C13H21NO3. The zero-order chi connectivity index (χ0) is 12.7. The highest BCUT2D eigenvalue weighted by Crippen LogP contribution is 2.28. The first-order valence-corrected chi connectivity index (χ1v) is 5.69. The summed E-state index contributed by atoms with van der Waals surface area (Å²) >= 11 is 0. The molecule has 0 fully saturated rings. The van der Waals surface area contributed by atoms with Crippen molar-refractivity contribution in [1.29, 1.82) is 0 Å². The van der Waals surface area contributed by atoms with Crippen molar-refractivity contribution in [2.45, 2.75) is 26.4 Å². The molecular weight excluding hydrogens is 218 g/mol. The van der Waals surface area contributed by atoms with Gasteiger partial charge in [0.25, 0.3) is 0 Å². The van der Waals surface area contributed by atoms with Crippen molar-refractivity contribution in [3.63, 3.8) is 0 Å². The average molecular weight is 239 g/mol. The molecule has 0 heterocycles. The number of methoxy groups -OCH3 is 2. The molecule has 4 nitrogen and oxygen atoms in total. The summed E-state index contributed by atoms with van der Waals surface area (Å²) in [5.74, 6) is 1.42. The SMILES string of the molecule is COCOc1cc(CNC(C)C)ccc1OC. The minimum Gasteiger partial charge on any atom is -0.493 e. The molecule has 17 heavy (non-hydrogen) atoms. The Labute approximate surface area is 103 Å². The Morgan fingerprint density at radius 3 is 2.53 bits per heavy atom. The van der Waals surface area contributed by atoms with Gasteiger partial charge in [-0.25, -0.2) is 0 Å². The van der Waals surface area contributed by atoms with E-state index in [0.29, 0.717) is 11.8 Å². The van der Waals surface area contributed by atoms with Gasteiger partial charge in [0.2, 0.25) is 0 Å². The topological polar surface area (TPSA) is 39.7 Å². The van der Waals surface area contributed by atoms with Crippen LogP contribution in [0.5, 0.6) is 11.5 Å². The number of rotatable bonds is 7. The first-order chi connectivity index (χ1) is 8.17. The fourth-order valence-electron chi connectivity index (χ4n) is 1.39. The molecule has 1 aromatic rings. The Hall–Kier alpha value is -1.26. The van der Waals surface area contributed by atoms with Gasteiger partial charge in [-0.2, -0.15) is 0 Å². The zero-order valence-corrected chi connectivity index (χ0v) is 10.9. The Morgan fingerprint density at radius 2 is 1.94 bits per heavy atom. The van der Waals surface area contributed by atoms with E-state index in [-0.39, 0.29) is 6.79 Å². The Bertz CT molecular complexity index is 339. The van der Waals surface area contributed by atoms with Gasteiger partial charge in [-0.3, -0.25) is 0 Å². The van der Waals surface area contributed by atoms with Crippen LogP contribution in [0, 0.1) is 0 Å². The van der Waals surface area contributed by atoms with Crippen LogP contribution in [0.2, 0.25) is 0 Å². The fraction of sp³-hybridized carbons (Fsp3) is 0.538. The summed E-state index contributed by atoms with van der Waals surface area (Å²) in [6.07, 6.45) is 0. The first kappa shape index (κ1) is 13.8. The lowest BCUT2D eigenvalue weighted by Crippen LogP contribution is -2.21. The van der Waals surface area contributed by atoms with Gasteiger partial charge in [0, 0.05) is 19.7 Å². The van der Waals surface area contributed by atoms with E-state index in [9.17, 15) is 0 Å². The van der Waals surface area contributed by atoms with Gasteiger partial charge in [0.1, 0.15) is 0 Å². The van der Waals surface area contributed by atoms with Crippen molar-refractivity contribution in [1.82, 2.24) is 5.32 Å². The summed E-state index contributed by atoms with van der Waals surface area (Å²) in [6.45, 7) is 5.26. The quantitative estimate of drug-likeness (QED) is 0.740. The van der Waals surface area contributed by atoms with Crippen LogP contribution < -0.4 is 14.8 Å². The maximum atomic E-state index is 5.45. The van der Waals surface area contributed by atoms with E-state index in [1.54, 1.807) is 14.2 Å². The second-order valence-corrected chi connectivity index (χ2v) is 4.07. The molecule has 0 aliphatic rings. The van der Waals surface area contributed by atoms with Crippen LogP contribution in [0.25, 0.3) is 0 Å². The average Bonchev–Trinajstić information content (AvgIpc) is 2.33. The van der Waals surface area contributed by atoms with Gasteiger partial charge in [-0.1, -0.05) is 19.9 Å². The summed E-state index contributed by atoms with van der Waals surface area (Å²) < 4.78 is 15.6. The Kier molecular flexibility index (Phi) is 5.80. The maximum Gasteiger partial charge on any atom is 0.188 e. The Morgan fingerprint density at radius 1 is 1.18 bits per heavy atom. The van der Waals surface area contributed by atoms with E-state index in [0.717, 1.165) is 17.9 Å². The molecule has 0 saturated carbocycles. The molecule has 0 spiro atoms. The summed E-state index contributed by atoms with van der Waals surface area (Å²) in [5, 5.41) is 3.35. The zero-order valence-electron chi connectivity index (χ0n) is 10.9. The van der Waals surface area contributed by atoms with Gasteiger partial charge in [0.15, 0.2) is 18.3 Å². The van der Waals surface area contributed by atoms with E-state index in [2.05, 4.69) is 19.2 Å². The molecule has 0 radical (unpaired) electrons.